The number of anilines is 2. The summed E-state index contributed by atoms with van der Waals surface area (Å²) in [5.41, 5.74) is 4.13. The summed E-state index contributed by atoms with van der Waals surface area (Å²) in [6.45, 7) is 3.64. The largest absolute Gasteiger partial charge is 0.497 e. The molecule has 1 aliphatic heterocycles. The number of benzene rings is 2. The maximum atomic E-state index is 13.2. The summed E-state index contributed by atoms with van der Waals surface area (Å²) >= 11 is 0. The molecule has 0 saturated heterocycles. The molecule has 1 amide bonds. The lowest BCUT2D eigenvalue weighted by Gasteiger charge is -2.34. The first kappa shape index (κ1) is 18.3. The van der Waals surface area contributed by atoms with Gasteiger partial charge in [0.15, 0.2) is 5.78 Å². The van der Waals surface area contributed by atoms with Crippen LogP contribution in [0.1, 0.15) is 38.3 Å². The van der Waals surface area contributed by atoms with E-state index in [0.29, 0.717) is 12.0 Å². The second-order valence-corrected chi connectivity index (χ2v) is 7.54. The van der Waals surface area contributed by atoms with Crippen LogP contribution in [0.25, 0.3) is 0 Å². The van der Waals surface area contributed by atoms with Gasteiger partial charge in [-0.1, -0.05) is 31.2 Å². The van der Waals surface area contributed by atoms with E-state index in [-0.39, 0.29) is 17.6 Å². The summed E-state index contributed by atoms with van der Waals surface area (Å²) in [5.74, 6) is 1.01. The van der Waals surface area contributed by atoms with Gasteiger partial charge in [0.25, 0.3) is 0 Å². The van der Waals surface area contributed by atoms with Gasteiger partial charge in [-0.15, -0.1) is 0 Å². The third-order valence-electron chi connectivity index (χ3n) is 5.46. The second kappa shape index (κ2) is 7.15. The van der Waals surface area contributed by atoms with Crippen molar-refractivity contribution < 1.29 is 14.3 Å². The number of Topliss-reactive ketones (excluding diaryl/α,β-unsaturated/α-hetero) is 1. The summed E-state index contributed by atoms with van der Waals surface area (Å²) in [7, 11) is 1.62. The number of carbonyl (C=O) groups excluding carboxylic acids is 2. The molecule has 0 aromatic heterocycles. The van der Waals surface area contributed by atoms with Crippen LogP contribution in [0.2, 0.25) is 0 Å². The van der Waals surface area contributed by atoms with E-state index in [1.165, 1.54) is 0 Å². The van der Waals surface area contributed by atoms with Gasteiger partial charge in [0, 0.05) is 24.6 Å². The molecule has 28 heavy (non-hydrogen) atoms. The zero-order valence-corrected chi connectivity index (χ0v) is 16.4. The van der Waals surface area contributed by atoms with Crippen molar-refractivity contribution in [2.45, 2.75) is 32.7 Å². The molecule has 0 saturated carbocycles. The number of carbonyl (C=O) groups is 2. The van der Waals surface area contributed by atoms with Crippen molar-refractivity contribution >= 4 is 23.1 Å². The van der Waals surface area contributed by atoms with Gasteiger partial charge in [0.1, 0.15) is 5.75 Å². The Morgan fingerprint density at radius 1 is 1.11 bits per heavy atom. The number of nitrogens with zero attached hydrogens (tertiary/aromatic N) is 1. The maximum Gasteiger partial charge on any atom is 0.224 e. The fraction of sp³-hybridized carbons (Fsp3) is 0.304. The van der Waals surface area contributed by atoms with Crippen molar-refractivity contribution in [3.63, 3.8) is 0 Å². The number of fused-ring (bicyclic) bond motifs is 1. The summed E-state index contributed by atoms with van der Waals surface area (Å²) < 4.78 is 5.28. The minimum absolute atomic E-state index is 0.0983. The van der Waals surface area contributed by atoms with E-state index in [2.05, 4.69) is 12.2 Å². The monoisotopic (exact) mass is 376 g/mol. The molecule has 0 bridgehead atoms. The van der Waals surface area contributed by atoms with E-state index in [0.717, 1.165) is 34.8 Å². The Labute approximate surface area is 165 Å². The van der Waals surface area contributed by atoms with Crippen LogP contribution < -0.4 is 15.0 Å². The van der Waals surface area contributed by atoms with Crippen LogP contribution in [-0.4, -0.2) is 18.8 Å². The summed E-state index contributed by atoms with van der Waals surface area (Å²) in [6.07, 6.45) is 1.28. The molecule has 0 unspecified atom stereocenters. The molecule has 0 spiro atoms. The number of para-hydroxylation sites is 2. The van der Waals surface area contributed by atoms with E-state index in [1.807, 2.05) is 48.5 Å². The topological polar surface area (TPSA) is 58.6 Å². The molecule has 0 fully saturated rings. The Balaban J connectivity index is 1.96. The molecule has 1 heterocycles. The Kier molecular flexibility index (Phi) is 4.67. The lowest BCUT2D eigenvalue weighted by Crippen LogP contribution is -2.37. The van der Waals surface area contributed by atoms with Gasteiger partial charge in [0.05, 0.1) is 24.5 Å². The summed E-state index contributed by atoms with van der Waals surface area (Å²) in [4.78, 5) is 27.7. The Bertz CT molecular complexity index is 962. The zero-order valence-electron chi connectivity index (χ0n) is 16.4. The minimum Gasteiger partial charge on any atom is -0.497 e. The number of allylic oxidation sites excluding steroid dienone is 1. The predicted molar refractivity (Wildman–Crippen MR) is 109 cm³/mol. The standard InChI is InChI=1S/C23H24N2O3/c1-14-12-19-22(21(27)13-14)23(16-8-10-17(28-3)11-9-16)25(15(2)26)20-7-5-4-6-18(20)24-19/h4-11,14,23-24H,12-13H2,1-3H3/t14-,23-/m1/s1. The quantitative estimate of drug-likeness (QED) is 0.840. The van der Waals surface area contributed by atoms with E-state index in [9.17, 15) is 9.59 Å². The molecule has 5 nitrogen and oxygen atoms in total. The van der Waals surface area contributed by atoms with Crippen molar-refractivity contribution in [1.82, 2.24) is 0 Å². The molecular weight excluding hydrogens is 352 g/mol. The molecule has 0 radical (unpaired) electrons. The van der Waals surface area contributed by atoms with Crippen LogP contribution in [0, 0.1) is 5.92 Å². The second-order valence-electron chi connectivity index (χ2n) is 7.54. The first-order valence-corrected chi connectivity index (χ1v) is 9.55. The normalized spacial score (nSPS) is 21.4. The van der Waals surface area contributed by atoms with Crippen molar-refractivity contribution in [3.8, 4) is 5.75 Å². The van der Waals surface area contributed by atoms with Crippen LogP contribution in [-0.2, 0) is 9.59 Å². The molecule has 2 aromatic carbocycles. The number of rotatable bonds is 2. The van der Waals surface area contributed by atoms with E-state index >= 15 is 0 Å². The summed E-state index contributed by atoms with van der Waals surface area (Å²) in [5, 5.41) is 3.47. The fourth-order valence-electron chi connectivity index (χ4n) is 4.23. The van der Waals surface area contributed by atoms with Crippen LogP contribution in [0.15, 0.2) is 59.8 Å². The number of nitrogens with one attached hydrogen (secondary N) is 1. The van der Waals surface area contributed by atoms with Crippen LogP contribution in [0.5, 0.6) is 5.75 Å². The lowest BCUT2D eigenvalue weighted by molar-refractivity contribution is -0.117. The molecule has 4 rings (SSSR count). The highest BCUT2D eigenvalue weighted by Crippen LogP contribution is 2.45. The van der Waals surface area contributed by atoms with Gasteiger partial charge in [0.2, 0.25) is 5.91 Å². The summed E-state index contributed by atoms with van der Waals surface area (Å²) in [6, 6.07) is 14.9. The molecule has 144 valence electrons. The number of ether oxygens (including phenoxy) is 1. The number of hydrogen-bond acceptors (Lipinski definition) is 4. The zero-order chi connectivity index (χ0) is 19.8. The number of ketones is 1. The molecule has 2 aromatic rings. The van der Waals surface area contributed by atoms with E-state index in [1.54, 1.807) is 18.9 Å². The minimum atomic E-state index is -0.463. The van der Waals surface area contributed by atoms with Crippen molar-refractivity contribution in [2.75, 3.05) is 17.3 Å². The third-order valence-corrected chi connectivity index (χ3v) is 5.46. The molecule has 5 heteroatoms. The van der Waals surface area contributed by atoms with Crippen molar-refractivity contribution in [2.24, 2.45) is 5.92 Å². The van der Waals surface area contributed by atoms with Gasteiger partial charge in [-0.05, 0) is 42.2 Å². The molecular formula is C23H24N2O3. The van der Waals surface area contributed by atoms with Crippen molar-refractivity contribution in [3.05, 3.63) is 65.4 Å². The first-order valence-electron chi connectivity index (χ1n) is 9.55. The Hall–Kier alpha value is -3.08. The highest BCUT2D eigenvalue weighted by Gasteiger charge is 2.39. The number of amides is 1. The molecule has 2 atom stereocenters. The van der Waals surface area contributed by atoms with E-state index in [4.69, 9.17) is 4.74 Å². The Morgan fingerprint density at radius 3 is 2.50 bits per heavy atom. The maximum absolute atomic E-state index is 13.2. The van der Waals surface area contributed by atoms with Crippen LogP contribution in [0.3, 0.4) is 0 Å². The van der Waals surface area contributed by atoms with Gasteiger partial charge in [-0.2, -0.15) is 0 Å². The SMILES string of the molecule is COc1ccc([C@@H]2C3=C(C[C@@H](C)CC3=O)Nc3ccccc3N2C(C)=O)cc1. The average Bonchev–Trinajstić information content (AvgIpc) is 2.82. The number of hydrogen-bond donors (Lipinski definition) is 1. The van der Waals surface area contributed by atoms with Gasteiger partial charge in [-0.25, -0.2) is 0 Å². The highest BCUT2D eigenvalue weighted by molar-refractivity contribution is 6.05. The Morgan fingerprint density at radius 2 is 1.82 bits per heavy atom. The third kappa shape index (κ3) is 3.07. The first-order chi connectivity index (χ1) is 13.5. The van der Waals surface area contributed by atoms with Crippen LogP contribution in [0.4, 0.5) is 11.4 Å². The molecule has 2 aliphatic rings. The molecule has 1 N–H and O–H groups in total. The van der Waals surface area contributed by atoms with Crippen LogP contribution >= 0.6 is 0 Å². The fourth-order valence-corrected chi connectivity index (χ4v) is 4.23. The van der Waals surface area contributed by atoms with Gasteiger partial charge >= 0.3 is 0 Å². The number of methoxy groups -OCH3 is 1. The smallest absolute Gasteiger partial charge is 0.224 e. The predicted octanol–water partition coefficient (Wildman–Crippen LogP) is 4.47. The molecule has 1 aliphatic carbocycles. The van der Waals surface area contributed by atoms with E-state index < -0.39 is 6.04 Å². The highest BCUT2D eigenvalue weighted by atomic mass is 16.5. The lowest BCUT2D eigenvalue weighted by atomic mass is 9.81. The van der Waals surface area contributed by atoms with Crippen molar-refractivity contribution in [1.29, 1.82) is 0 Å². The van der Waals surface area contributed by atoms with Gasteiger partial charge < -0.3 is 10.1 Å². The van der Waals surface area contributed by atoms with Gasteiger partial charge in [-0.3, -0.25) is 14.5 Å². The average molecular weight is 376 g/mol.